The minimum absolute atomic E-state index is 0.000560. The van der Waals surface area contributed by atoms with Crippen LogP contribution in [0.4, 0.5) is 0 Å². The van der Waals surface area contributed by atoms with Crippen LogP contribution < -0.4 is 0 Å². The lowest BCUT2D eigenvalue weighted by Crippen LogP contribution is -2.37. The molecule has 1 aromatic carbocycles. The van der Waals surface area contributed by atoms with E-state index in [0.717, 1.165) is 5.56 Å². The number of rotatable bonds is 6. The van der Waals surface area contributed by atoms with Gasteiger partial charge in [0.1, 0.15) is 0 Å². The smallest absolute Gasteiger partial charge is 0.339 e. The average molecular weight is 398 g/mol. The molecule has 0 aromatic heterocycles. The summed E-state index contributed by atoms with van der Waals surface area (Å²) in [7, 11) is -0.910. The monoisotopic (exact) mass is 398 g/mol. The van der Waals surface area contributed by atoms with Gasteiger partial charge in [-0.1, -0.05) is 11.6 Å². The highest BCUT2D eigenvalue weighted by Gasteiger charge is 2.32. The van der Waals surface area contributed by atoms with E-state index in [-0.39, 0.29) is 29.6 Å². The lowest BCUT2D eigenvalue weighted by atomic mass is 10.1. The molecule has 1 aliphatic heterocycles. The Bertz CT molecular complexity index is 808. The number of aryl methyl sites for hydroxylation is 1. The fraction of sp³-hybridized carbons (Fsp3) is 0.556. The van der Waals surface area contributed by atoms with Gasteiger partial charge in [-0.05, 0) is 45.4 Å². The number of likely N-dealkylation sites (N-methyl/N-ethyl adjacent to an activating group) is 1. The van der Waals surface area contributed by atoms with Crippen LogP contribution in [0.1, 0.15) is 35.2 Å². The van der Waals surface area contributed by atoms with Crippen LogP contribution in [0, 0.1) is 6.92 Å². The summed E-state index contributed by atoms with van der Waals surface area (Å²) in [6.45, 7) is 2.29. The number of nitrogens with zero attached hydrogens (tertiary/aromatic N) is 2. The summed E-state index contributed by atoms with van der Waals surface area (Å²) in [6, 6.07) is 4.61. The Morgan fingerprint density at radius 1 is 1.30 bits per heavy atom. The molecule has 8 nitrogen and oxygen atoms in total. The first-order chi connectivity index (χ1) is 12.7. The van der Waals surface area contributed by atoms with Gasteiger partial charge in [0.05, 0.1) is 24.1 Å². The summed E-state index contributed by atoms with van der Waals surface area (Å²) in [5.74, 6) is -1.60. The Labute approximate surface area is 159 Å². The molecule has 150 valence electrons. The van der Waals surface area contributed by atoms with Crippen LogP contribution in [0.3, 0.4) is 0 Å². The van der Waals surface area contributed by atoms with E-state index in [1.807, 2.05) is 0 Å². The van der Waals surface area contributed by atoms with E-state index < -0.39 is 22.0 Å². The highest BCUT2D eigenvalue weighted by Crippen LogP contribution is 2.26. The summed E-state index contributed by atoms with van der Waals surface area (Å²) in [4.78, 5) is 24.7. The molecule has 1 saturated heterocycles. The number of methoxy groups -OCH3 is 1. The predicted octanol–water partition coefficient (Wildman–Crippen LogP) is 1.34. The van der Waals surface area contributed by atoms with Gasteiger partial charge < -0.3 is 9.84 Å². The first-order valence-corrected chi connectivity index (χ1v) is 10.2. The molecule has 1 fully saturated rings. The number of ether oxygens (including phenoxy) is 1. The summed E-state index contributed by atoms with van der Waals surface area (Å²) < 4.78 is 32.4. The van der Waals surface area contributed by atoms with Crippen molar-refractivity contribution in [2.24, 2.45) is 0 Å². The number of benzene rings is 1. The van der Waals surface area contributed by atoms with Crippen molar-refractivity contribution in [3.05, 3.63) is 29.3 Å². The highest BCUT2D eigenvalue weighted by molar-refractivity contribution is 7.89. The minimum atomic E-state index is -3.86. The molecule has 1 atom stereocenters. The van der Waals surface area contributed by atoms with Crippen LogP contribution >= 0.6 is 0 Å². The van der Waals surface area contributed by atoms with Gasteiger partial charge in [0, 0.05) is 19.1 Å². The van der Waals surface area contributed by atoms with Gasteiger partial charge in [-0.3, -0.25) is 9.69 Å². The van der Waals surface area contributed by atoms with Gasteiger partial charge in [0.15, 0.2) is 0 Å². The number of hydrogen-bond donors (Lipinski definition) is 1. The third-order valence-electron chi connectivity index (χ3n) is 4.82. The number of carboxylic acids is 1. The van der Waals surface area contributed by atoms with Crippen molar-refractivity contribution in [1.29, 1.82) is 0 Å². The molecule has 1 aromatic rings. The number of carboxylic acid groups (broad SMARTS) is 1. The van der Waals surface area contributed by atoms with Crippen LogP contribution in [0.15, 0.2) is 23.1 Å². The predicted molar refractivity (Wildman–Crippen MR) is 99.2 cm³/mol. The van der Waals surface area contributed by atoms with Crippen molar-refractivity contribution in [2.75, 3.05) is 33.8 Å². The van der Waals surface area contributed by atoms with Gasteiger partial charge in [-0.15, -0.1) is 0 Å². The molecular weight excluding hydrogens is 372 g/mol. The maximum Gasteiger partial charge on any atom is 0.339 e. The molecule has 0 radical (unpaired) electrons. The van der Waals surface area contributed by atoms with Crippen LogP contribution in [-0.4, -0.2) is 74.5 Å². The Morgan fingerprint density at radius 2 is 2.00 bits per heavy atom. The standard InChI is InChI=1S/C18H26N2O6S/c1-13-6-7-16(15(11-13)18(23)26-3)27(24,25)20-9-4-5-14(8-10-20)19(2)12-17(21)22/h6-7,11,14H,4-5,8-10,12H2,1-3H3,(H,21,22). The van der Waals surface area contributed by atoms with E-state index in [2.05, 4.69) is 0 Å². The van der Waals surface area contributed by atoms with Crippen molar-refractivity contribution >= 4 is 22.0 Å². The van der Waals surface area contributed by atoms with Crippen molar-refractivity contribution in [2.45, 2.75) is 37.1 Å². The van der Waals surface area contributed by atoms with Crippen LogP contribution in [0.5, 0.6) is 0 Å². The first-order valence-electron chi connectivity index (χ1n) is 8.78. The molecule has 2 rings (SSSR count). The zero-order valence-electron chi connectivity index (χ0n) is 15.8. The fourth-order valence-corrected chi connectivity index (χ4v) is 5.01. The van der Waals surface area contributed by atoms with Crippen LogP contribution in [-0.2, 0) is 19.6 Å². The van der Waals surface area contributed by atoms with Gasteiger partial charge >= 0.3 is 11.9 Å². The molecule has 1 unspecified atom stereocenters. The summed E-state index contributed by atoms with van der Waals surface area (Å²) in [5, 5.41) is 8.95. The molecule has 0 spiro atoms. The zero-order valence-corrected chi connectivity index (χ0v) is 16.7. The second-order valence-corrected chi connectivity index (χ2v) is 8.70. The van der Waals surface area contributed by atoms with E-state index >= 15 is 0 Å². The van der Waals surface area contributed by atoms with Crippen molar-refractivity contribution in [3.63, 3.8) is 0 Å². The Balaban J connectivity index is 2.25. The third-order valence-corrected chi connectivity index (χ3v) is 6.78. The summed E-state index contributed by atoms with van der Waals surface area (Å²) in [5.41, 5.74) is 0.793. The number of esters is 1. The Morgan fingerprint density at radius 3 is 2.63 bits per heavy atom. The quantitative estimate of drug-likeness (QED) is 0.721. The molecule has 1 aliphatic rings. The molecule has 0 bridgehead atoms. The van der Waals surface area contributed by atoms with E-state index in [1.165, 1.54) is 23.5 Å². The van der Waals surface area contributed by atoms with Crippen molar-refractivity contribution in [1.82, 2.24) is 9.21 Å². The van der Waals surface area contributed by atoms with Gasteiger partial charge in [-0.2, -0.15) is 4.31 Å². The number of sulfonamides is 1. The summed E-state index contributed by atoms with van der Waals surface area (Å²) in [6.07, 6.45) is 1.86. The molecule has 27 heavy (non-hydrogen) atoms. The minimum Gasteiger partial charge on any atom is -0.480 e. The molecule has 0 aliphatic carbocycles. The Hall–Kier alpha value is -1.97. The lowest BCUT2D eigenvalue weighted by Gasteiger charge is -2.25. The molecule has 1 heterocycles. The molecule has 1 N–H and O–H groups in total. The lowest BCUT2D eigenvalue weighted by molar-refractivity contribution is -0.138. The normalized spacial score (nSPS) is 18.9. The van der Waals surface area contributed by atoms with Gasteiger partial charge in [0.25, 0.3) is 0 Å². The fourth-order valence-electron chi connectivity index (χ4n) is 3.35. The molecule has 0 amide bonds. The highest BCUT2D eigenvalue weighted by atomic mass is 32.2. The van der Waals surface area contributed by atoms with E-state index in [9.17, 15) is 18.0 Å². The largest absolute Gasteiger partial charge is 0.480 e. The first kappa shape index (κ1) is 21.3. The van der Waals surface area contributed by atoms with E-state index in [4.69, 9.17) is 9.84 Å². The maximum atomic E-state index is 13.2. The number of aliphatic carboxylic acids is 1. The molecule has 0 saturated carbocycles. The van der Waals surface area contributed by atoms with Crippen LogP contribution in [0.25, 0.3) is 0 Å². The summed E-state index contributed by atoms with van der Waals surface area (Å²) >= 11 is 0. The number of carbonyl (C=O) groups excluding carboxylic acids is 1. The third kappa shape index (κ3) is 5.06. The zero-order chi connectivity index (χ0) is 20.2. The van der Waals surface area contributed by atoms with Gasteiger partial charge in [-0.25, -0.2) is 13.2 Å². The van der Waals surface area contributed by atoms with Gasteiger partial charge in [0.2, 0.25) is 10.0 Å². The topological polar surface area (TPSA) is 104 Å². The maximum absolute atomic E-state index is 13.2. The van der Waals surface area contributed by atoms with E-state index in [1.54, 1.807) is 24.9 Å². The number of carbonyl (C=O) groups is 2. The van der Waals surface area contributed by atoms with Crippen molar-refractivity contribution < 1.29 is 27.9 Å². The average Bonchev–Trinajstić information content (AvgIpc) is 2.87. The van der Waals surface area contributed by atoms with E-state index in [0.29, 0.717) is 25.8 Å². The number of hydrogen-bond acceptors (Lipinski definition) is 6. The van der Waals surface area contributed by atoms with Crippen LogP contribution in [0.2, 0.25) is 0 Å². The molecule has 9 heteroatoms. The molecular formula is C18H26N2O6S. The second-order valence-electron chi connectivity index (χ2n) is 6.79. The Kier molecular flexibility index (Phi) is 6.96. The SMILES string of the molecule is COC(=O)c1cc(C)ccc1S(=O)(=O)N1CCCC(N(C)CC(=O)O)CC1. The second kappa shape index (κ2) is 8.81. The van der Waals surface area contributed by atoms with Crippen molar-refractivity contribution in [3.8, 4) is 0 Å².